The first kappa shape index (κ1) is 17.2. The monoisotopic (exact) mass is 282 g/mol. The van der Waals surface area contributed by atoms with Gasteiger partial charge >= 0.3 is 17.1 Å². The molecule has 0 saturated carbocycles. The van der Waals surface area contributed by atoms with Gasteiger partial charge in [0, 0.05) is 26.4 Å². The third-order valence-corrected chi connectivity index (χ3v) is 7.73. The van der Waals surface area contributed by atoms with Gasteiger partial charge in [0.05, 0.1) is 0 Å². The zero-order valence-corrected chi connectivity index (χ0v) is 13.4. The van der Waals surface area contributed by atoms with Gasteiger partial charge in [0.25, 0.3) is 0 Å². The fraction of sp³-hybridized carbons (Fsp3) is 1.00. The van der Waals surface area contributed by atoms with E-state index in [0.717, 1.165) is 0 Å². The summed E-state index contributed by atoms with van der Waals surface area (Å²) in [6.07, 6.45) is 1.26. The summed E-state index contributed by atoms with van der Waals surface area (Å²) in [6.45, 7) is 9.25. The van der Waals surface area contributed by atoms with E-state index in [2.05, 4.69) is 0 Å². The van der Waals surface area contributed by atoms with Gasteiger partial charge in [-0.1, -0.05) is 0 Å². The highest BCUT2D eigenvalue weighted by Gasteiger charge is 2.36. The fourth-order valence-corrected chi connectivity index (χ4v) is 7.89. The Labute approximate surface area is 106 Å². The highest BCUT2D eigenvalue weighted by atomic mass is 28.5. The average Bonchev–Trinajstić information content (AvgIpc) is 2.16. The lowest BCUT2D eigenvalue weighted by Gasteiger charge is -2.32. The maximum atomic E-state index is 8.69. The smallest absolute Gasteiger partial charge is 0.322 e. The van der Waals surface area contributed by atoms with E-state index in [-0.39, 0.29) is 13.2 Å². The van der Waals surface area contributed by atoms with E-state index in [1.807, 2.05) is 26.2 Å². The Kier molecular flexibility index (Phi) is 8.47. The highest BCUT2D eigenvalue weighted by molar-refractivity contribution is 6.78. The van der Waals surface area contributed by atoms with Crippen molar-refractivity contribution in [3.8, 4) is 0 Å². The number of hydrogen-bond acceptors (Lipinski definition) is 5. The molecular formula is C10H26O5Si2. The van der Waals surface area contributed by atoms with Gasteiger partial charge in [0.2, 0.25) is 0 Å². The molecule has 0 aromatic carbocycles. The number of aliphatic hydroxyl groups is 2. The molecule has 0 amide bonds. The SMILES string of the molecule is C[Si](C)(OCCCO)O[Si](C)(C)OCCCO. The van der Waals surface area contributed by atoms with Crippen LogP contribution in [0.4, 0.5) is 0 Å². The lowest BCUT2D eigenvalue weighted by molar-refractivity contribution is 0.170. The quantitative estimate of drug-likeness (QED) is 0.465. The largest absolute Gasteiger partial charge is 0.415 e. The van der Waals surface area contributed by atoms with Crippen LogP contribution in [0.1, 0.15) is 12.8 Å². The predicted molar refractivity (Wildman–Crippen MR) is 71.4 cm³/mol. The summed E-state index contributed by atoms with van der Waals surface area (Å²) in [5, 5.41) is 17.4. The maximum Gasteiger partial charge on any atom is 0.322 e. The molecule has 0 unspecified atom stereocenters. The molecule has 0 aliphatic rings. The van der Waals surface area contributed by atoms with Crippen molar-refractivity contribution in [2.45, 2.75) is 39.0 Å². The van der Waals surface area contributed by atoms with Crippen molar-refractivity contribution >= 4 is 17.1 Å². The van der Waals surface area contributed by atoms with Crippen LogP contribution in [0.25, 0.3) is 0 Å². The molecule has 0 aliphatic heterocycles. The van der Waals surface area contributed by atoms with Crippen LogP contribution in [0, 0.1) is 0 Å². The minimum Gasteiger partial charge on any atom is -0.415 e. The van der Waals surface area contributed by atoms with Crippen LogP contribution in [0.3, 0.4) is 0 Å². The molecule has 17 heavy (non-hydrogen) atoms. The van der Waals surface area contributed by atoms with Gasteiger partial charge in [-0.25, -0.2) is 0 Å². The molecule has 0 aromatic rings. The predicted octanol–water partition coefficient (Wildman–Crippen LogP) is 1.20. The first-order valence-electron chi connectivity index (χ1n) is 6.03. The molecule has 104 valence electrons. The Morgan fingerprint density at radius 3 is 1.41 bits per heavy atom. The van der Waals surface area contributed by atoms with Gasteiger partial charge in [0.15, 0.2) is 0 Å². The Balaban J connectivity index is 3.99. The summed E-state index contributed by atoms with van der Waals surface area (Å²) in [6, 6.07) is 0. The van der Waals surface area contributed by atoms with Gasteiger partial charge < -0.3 is 23.2 Å². The van der Waals surface area contributed by atoms with E-state index >= 15 is 0 Å². The molecule has 0 heterocycles. The second-order valence-electron chi connectivity index (χ2n) is 4.75. The van der Waals surface area contributed by atoms with Gasteiger partial charge in [0.1, 0.15) is 0 Å². The van der Waals surface area contributed by atoms with Crippen LogP contribution in [0.15, 0.2) is 0 Å². The van der Waals surface area contributed by atoms with E-state index in [1.165, 1.54) is 0 Å². The van der Waals surface area contributed by atoms with Crippen LogP contribution in [-0.2, 0) is 13.0 Å². The van der Waals surface area contributed by atoms with E-state index in [9.17, 15) is 0 Å². The summed E-state index contributed by atoms with van der Waals surface area (Å²) in [4.78, 5) is 0. The zero-order valence-electron chi connectivity index (χ0n) is 11.4. The molecule has 0 spiro atoms. The van der Waals surface area contributed by atoms with Crippen LogP contribution < -0.4 is 0 Å². The van der Waals surface area contributed by atoms with E-state index in [4.69, 9.17) is 23.2 Å². The second-order valence-corrected chi connectivity index (χ2v) is 11.7. The summed E-state index contributed by atoms with van der Waals surface area (Å²) in [5.74, 6) is 0. The first-order valence-corrected chi connectivity index (χ1v) is 11.7. The normalized spacial score (nSPS) is 13.1. The maximum absolute atomic E-state index is 8.69. The molecule has 0 rings (SSSR count). The fourth-order valence-electron chi connectivity index (χ4n) is 1.42. The van der Waals surface area contributed by atoms with Gasteiger partial charge in [-0.2, -0.15) is 0 Å². The first-order chi connectivity index (χ1) is 7.83. The number of aliphatic hydroxyl groups excluding tert-OH is 2. The average molecular weight is 282 g/mol. The van der Waals surface area contributed by atoms with Crippen molar-refractivity contribution in [1.82, 2.24) is 0 Å². The molecule has 0 bridgehead atoms. The van der Waals surface area contributed by atoms with Crippen LogP contribution in [0.5, 0.6) is 0 Å². The molecule has 7 heteroatoms. The third kappa shape index (κ3) is 9.89. The molecule has 2 N–H and O–H groups in total. The van der Waals surface area contributed by atoms with Crippen LogP contribution >= 0.6 is 0 Å². The van der Waals surface area contributed by atoms with Crippen molar-refractivity contribution in [3.63, 3.8) is 0 Å². The molecule has 0 fully saturated rings. The molecule has 0 atom stereocenters. The third-order valence-electron chi connectivity index (χ3n) is 2.00. The number of rotatable bonds is 10. The lowest BCUT2D eigenvalue weighted by Crippen LogP contribution is -2.48. The lowest BCUT2D eigenvalue weighted by atomic mass is 10.5. The van der Waals surface area contributed by atoms with Gasteiger partial charge in [-0.15, -0.1) is 0 Å². The van der Waals surface area contributed by atoms with Crippen LogP contribution in [0.2, 0.25) is 26.2 Å². The minimum atomic E-state index is -2.17. The Bertz CT molecular complexity index is 179. The van der Waals surface area contributed by atoms with E-state index < -0.39 is 17.1 Å². The van der Waals surface area contributed by atoms with Crippen LogP contribution in [-0.4, -0.2) is 53.8 Å². The Hall–Kier alpha value is 0.234. The van der Waals surface area contributed by atoms with Crippen molar-refractivity contribution in [1.29, 1.82) is 0 Å². The summed E-state index contributed by atoms with van der Waals surface area (Å²) < 4.78 is 17.3. The summed E-state index contributed by atoms with van der Waals surface area (Å²) >= 11 is 0. The van der Waals surface area contributed by atoms with Crippen molar-refractivity contribution < 1.29 is 23.2 Å². The zero-order chi connectivity index (χ0) is 13.4. The van der Waals surface area contributed by atoms with E-state index in [1.54, 1.807) is 0 Å². The summed E-state index contributed by atoms with van der Waals surface area (Å²) in [7, 11) is -4.35. The highest BCUT2D eigenvalue weighted by Crippen LogP contribution is 2.17. The topological polar surface area (TPSA) is 68.2 Å². The van der Waals surface area contributed by atoms with Gasteiger partial charge in [-0.3, -0.25) is 0 Å². The second kappa shape index (κ2) is 8.36. The Morgan fingerprint density at radius 2 is 1.12 bits per heavy atom. The van der Waals surface area contributed by atoms with E-state index in [0.29, 0.717) is 26.1 Å². The molecule has 0 aromatic heterocycles. The molecule has 0 saturated heterocycles. The molecule has 0 aliphatic carbocycles. The minimum absolute atomic E-state index is 0.137. The standard InChI is InChI=1S/C10H26O5Si2/c1-16(2,13-9-5-7-11)15-17(3,4)14-10-6-8-12/h11-12H,5-10H2,1-4H3. The van der Waals surface area contributed by atoms with Crippen molar-refractivity contribution in [2.75, 3.05) is 26.4 Å². The Morgan fingerprint density at radius 1 is 0.765 bits per heavy atom. The van der Waals surface area contributed by atoms with Crippen molar-refractivity contribution in [3.05, 3.63) is 0 Å². The molecule has 0 radical (unpaired) electrons. The summed E-state index contributed by atoms with van der Waals surface area (Å²) in [5.41, 5.74) is 0. The van der Waals surface area contributed by atoms with Gasteiger partial charge in [-0.05, 0) is 39.0 Å². The molecule has 5 nitrogen and oxygen atoms in total. The number of hydrogen-bond donors (Lipinski definition) is 2. The molecular weight excluding hydrogens is 256 g/mol. The van der Waals surface area contributed by atoms with Crippen molar-refractivity contribution in [2.24, 2.45) is 0 Å².